The van der Waals surface area contributed by atoms with Gasteiger partial charge in [-0.3, -0.25) is 0 Å². The minimum absolute atomic E-state index is 0.232. The van der Waals surface area contributed by atoms with Crippen molar-refractivity contribution in [3.05, 3.63) is 71.0 Å². The first-order valence-corrected chi connectivity index (χ1v) is 7.63. The molecule has 0 aliphatic rings. The molecule has 1 heterocycles. The summed E-state index contributed by atoms with van der Waals surface area (Å²) in [6.45, 7) is 3.98. The molecule has 0 aliphatic heterocycles. The van der Waals surface area contributed by atoms with Crippen LogP contribution in [0, 0.1) is 13.8 Å². The molecular formula is C18H16F3N3O. The van der Waals surface area contributed by atoms with E-state index in [-0.39, 0.29) is 6.61 Å². The molecule has 7 heteroatoms. The number of nitrogens with zero attached hydrogens (tertiary/aromatic N) is 3. The van der Waals surface area contributed by atoms with Gasteiger partial charge in [0, 0.05) is 0 Å². The average molecular weight is 347 g/mol. The van der Waals surface area contributed by atoms with E-state index in [1.165, 1.54) is 16.9 Å². The predicted octanol–water partition coefficient (Wildman–Crippen LogP) is 4.48. The van der Waals surface area contributed by atoms with Crippen molar-refractivity contribution in [1.82, 2.24) is 15.0 Å². The third-order valence-corrected chi connectivity index (χ3v) is 3.67. The number of benzene rings is 2. The smallest absolute Gasteiger partial charge is 0.416 e. The van der Waals surface area contributed by atoms with Gasteiger partial charge in [-0.1, -0.05) is 12.1 Å². The number of hydrogen-bond acceptors (Lipinski definition) is 3. The van der Waals surface area contributed by atoms with Gasteiger partial charge in [-0.05, 0) is 55.8 Å². The number of rotatable bonds is 4. The molecule has 0 fully saturated rings. The second-order valence-electron chi connectivity index (χ2n) is 5.67. The van der Waals surface area contributed by atoms with Gasteiger partial charge >= 0.3 is 6.18 Å². The van der Waals surface area contributed by atoms with Gasteiger partial charge in [-0.2, -0.15) is 23.1 Å². The molecule has 0 amide bonds. The van der Waals surface area contributed by atoms with Gasteiger partial charge < -0.3 is 4.74 Å². The van der Waals surface area contributed by atoms with Crippen molar-refractivity contribution < 1.29 is 17.9 Å². The van der Waals surface area contributed by atoms with Crippen LogP contribution in [0.4, 0.5) is 13.2 Å². The number of aromatic nitrogens is 3. The second-order valence-corrected chi connectivity index (χ2v) is 5.67. The van der Waals surface area contributed by atoms with E-state index in [9.17, 15) is 13.2 Å². The Morgan fingerprint density at radius 1 is 1.00 bits per heavy atom. The molecule has 0 aliphatic carbocycles. The zero-order valence-corrected chi connectivity index (χ0v) is 13.7. The molecule has 0 saturated carbocycles. The van der Waals surface area contributed by atoms with Crippen molar-refractivity contribution >= 4 is 0 Å². The summed E-state index contributed by atoms with van der Waals surface area (Å²) >= 11 is 0. The summed E-state index contributed by atoms with van der Waals surface area (Å²) in [5, 5.41) is 8.56. The fraction of sp³-hybridized carbons (Fsp3) is 0.222. The summed E-state index contributed by atoms with van der Waals surface area (Å²) in [4.78, 5) is 1.31. The number of ether oxygens (including phenoxy) is 1. The molecule has 0 unspecified atom stereocenters. The Labute approximate surface area is 142 Å². The Balaban J connectivity index is 1.76. The highest BCUT2D eigenvalue weighted by atomic mass is 19.4. The van der Waals surface area contributed by atoms with Crippen LogP contribution in [0.2, 0.25) is 0 Å². The van der Waals surface area contributed by atoms with Crippen LogP contribution >= 0.6 is 0 Å². The third-order valence-electron chi connectivity index (χ3n) is 3.67. The summed E-state index contributed by atoms with van der Waals surface area (Å²) < 4.78 is 43.6. The third kappa shape index (κ3) is 3.99. The quantitative estimate of drug-likeness (QED) is 0.698. The van der Waals surface area contributed by atoms with Crippen LogP contribution < -0.4 is 4.74 Å². The highest BCUT2D eigenvalue weighted by Crippen LogP contribution is 2.29. The molecule has 2 aromatic carbocycles. The Hall–Kier alpha value is -2.83. The Morgan fingerprint density at radius 2 is 1.72 bits per heavy atom. The molecule has 0 radical (unpaired) electrons. The normalized spacial score (nSPS) is 11.6. The van der Waals surface area contributed by atoms with Gasteiger partial charge in [-0.15, -0.1) is 5.10 Å². The van der Waals surface area contributed by atoms with Crippen LogP contribution in [-0.2, 0) is 12.8 Å². The number of halogens is 3. The van der Waals surface area contributed by atoms with E-state index in [1.807, 2.05) is 31.2 Å². The zero-order chi connectivity index (χ0) is 18.0. The maximum atomic E-state index is 12.6. The Morgan fingerprint density at radius 3 is 2.36 bits per heavy atom. The lowest BCUT2D eigenvalue weighted by Crippen LogP contribution is -2.06. The van der Waals surface area contributed by atoms with Gasteiger partial charge in [0.05, 0.1) is 16.9 Å². The van der Waals surface area contributed by atoms with Crippen LogP contribution in [0.25, 0.3) is 5.69 Å². The van der Waals surface area contributed by atoms with Gasteiger partial charge in [0.15, 0.2) is 0 Å². The summed E-state index contributed by atoms with van der Waals surface area (Å²) in [5.74, 6) is 0.725. The van der Waals surface area contributed by atoms with E-state index in [1.54, 1.807) is 6.92 Å². The molecule has 0 N–H and O–H groups in total. The molecule has 3 rings (SSSR count). The first-order chi connectivity index (χ1) is 11.8. The van der Waals surface area contributed by atoms with Crippen LogP contribution in [0.5, 0.6) is 5.75 Å². The van der Waals surface area contributed by atoms with Gasteiger partial charge in [0.2, 0.25) is 0 Å². The van der Waals surface area contributed by atoms with Crippen LogP contribution in [0.15, 0.2) is 48.5 Å². The number of alkyl halides is 3. The number of aryl methyl sites for hydroxylation is 2. The molecule has 0 spiro atoms. The van der Waals surface area contributed by atoms with E-state index >= 15 is 0 Å². The van der Waals surface area contributed by atoms with Crippen LogP contribution in [-0.4, -0.2) is 15.0 Å². The van der Waals surface area contributed by atoms with Crippen molar-refractivity contribution in [2.24, 2.45) is 0 Å². The molecule has 130 valence electrons. The highest BCUT2D eigenvalue weighted by Gasteiger charge is 2.30. The Bertz CT molecular complexity index is 870. The maximum absolute atomic E-state index is 12.6. The lowest BCUT2D eigenvalue weighted by Gasteiger charge is -2.07. The van der Waals surface area contributed by atoms with Crippen molar-refractivity contribution in [3.63, 3.8) is 0 Å². The first kappa shape index (κ1) is 17.0. The predicted molar refractivity (Wildman–Crippen MR) is 86.6 cm³/mol. The maximum Gasteiger partial charge on any atom is 0.416 e. The standard InChI is InChI=1S/C18H16F3N3O/c1-12-4-3-5-16(10-12)25-11-17-13(2)22-24(23-17)15-8-6-14(7-9-15)18(19,20)21/h3-10H,11H2,1-2H3. The summed E-state index contributed by atoms with van der Waals surface area (Å²) in [5.41, 5.74) is 2.12. The van der Waals surface area contributed by atoms with Gasteiger partial charge in [0.25, 0.3) is 0 Å². The first-order valence-electron chi connectivity index (χ1n) is 7.63. The van der Waals surface area contributed by atoms with Crippen molar-refractivity contribution in [2.75, 3.05) is 0 Å². The molecule has 25 heavy (non-hydrogen) atoms. The summed E-state index contributed by atoms with van der Waals surface area (Å²) in [6, 6.07) is 12.3. The lowest BCUT2D eigenvalue weighted by atomic mass is 10.2. The van der Waals surface area contributed by atoms with Gasteiger partial charge in [0.1, 0.15) is 18.1 Å². The lowest BCUT2D eigenvalue weighted by molar-refractivity contribution is -0.137. The summed E-state index contributed by atoms with van der Waals surface area (Å²) in [7, 11) is 0. The average Bonchev–Trinajstić information content (AvgIpc) is 2.93. The largest absolute Gasteiger partial charge is 0.487 e. The zero-order valence-electron chi connectivity index (χ0n) is 13.7. The van der Waals surface area contributed by atoms with Crippen LogP contribution in [0.1, 0.15) is 22.5 Å². The minimum atomic E-state index is -4.36. The van der Waals surface area contributed by atoms with E-state index in [2.05, 4.69) is 10.2 Å². The number of hydrogen-bond donors (Lipinski definition) is 0. The van der Waals surface area contributed by atoms with Gasteiger partial charge in [-0.25, -0.2) is 0 Å². The molecule has 0 atom stereocenters. The van der Waals surface area contributed by atoms with Crippen LogP contribution in [0.3, 0.4) is 0 Å². The summed E-state index contributed by atoms with van der Waals surface area (Å²) in [6.07, 6.45) is -4.36. The fourth-order valence-corrected chi connectivity index (χ4v) is 2.30. The van der Waals surface area contributed by atoms with Crippen molar-refractivity contribution in [1.29, 1.82) is 0 Å². The van der Waals surface area contributed by atoms with Crippen molar-refractivity contribution in [2.45, 2.75) is 26.6 Å². The molecule has 0 saturated heterocycles. The molecule has 4 nitrogen and oxygen atoms in total. The monoisotopic (exact) mass is 347 g/mol. The van der Waals surface area contributed by atoms with E-state index in [0.717, 1.165) is 23.4 Å². The minimum Gasteiger partial charge on any atom is -0.487 e. The van der Waals surface area contributed by atoms with Crippen molar-refractivity contribution in [3.8, 4) is 11.4 Å². The van der Waals surface area contributed by atoms with E-state index in [4.69, 9.17) is 4.74 Å². The Kier molecular flexibility index (Phi) is 4.48. The molecule has 0 bridgehead atoms. The molecule has 3 aromatic rings. The van der Waals surface area contributed by atoms with E-state index < -0.39 is 11.7 Å². The topological polar surface area (TPSA) is 39.9 Å². The molecule has 1 aromatic heterocycles. The SMILES string of the molecule is Cc1cccc(OCc2nn(-c3ccc(C(F)(F)F)cc3)nc2C)c1. The second kappa shape index (κ2) is 6.58. The molecular weight excluding hydrogens is 331 g/mol. The fourth-order valence-electron chi connectivity index (χ4n) is 2.30. The van der Waals surface area contributed by atoms with E-state index in [0.29, 0.717) is 17.1 Å². The highest BCUT2D eigenvalue weighted by molar-refractivity contribution is 5.34.